The van der Waals surface area contributed by atoms with Crippen LogP contribution < -0.4 is 5.32 Å². The third kappa shape index (κ3) is 2.74. The lowest BCUT2D eigenvalue weighted by atomic mass is 10.1. The highest BCUT2D eigenvalue weighted by Gasteiger charge is 2.03. The van der Waals surface area contributed by atoms with Crippen molar-refractivity contribution in [3.63, 3.8) is 0 Å². The molecule has 0 fully saturated rings. The Hall–Kier alpha value is -1.55. The van der Waals surface area contributed by atoms with Crippen LogP contribution in [0.15, 0.2) is 29.4 Å². The van der Waals surface area contributed by atoms with Gasteiger partial charge >= 0.3 is 5.91 Å². The molecule has 0 atom stereocenters. The summed E-state index contributed by atoms with van der Waals surface area (Å²) in [6.45, 7) is 0.888. The van der Waals surface area contributed by atoms with Gasteiger partial charge in [-0.05, 0) is 37.7 Å². The highest BCUT2D eigenvalue weighted by atomic mass is 16.3. The molecule has 0 aliphatic rings. The third-order valence-electron chi connectivity index (χ3n) is 1.95. The Morgan fingerprint density at radius 3 is 2.50 bits per heavy atom. The lowest BCUT2D eigenvalue weighted by Crippen LogP contribution is -2.10. The predicted molar refractivity (Wildman–Crippen MR) is 54.2 cm³/mol. The van der Waals surface area contributed by atoms with E-state index in [1.165, 1.54) is 0 Å². The van der Waals surface area contributed by atoms with Gasteiger partial charge in [-0.2, -0.15) is 0 Å². The molecule has 0 aromatic heterocycles. The maximum absolute atomic E-state index is 10.8. The van der Waals surface area contributed by atoms with Gasteiger partial charge in [0.25, 0.3) is 0 Å². The average molecular weight is 192 g/mol. The number of carbonyl (C=O) groups is 1. The van der Waals surface area contributed by atoms with Gasteiger partial charge in [-0.1, -0.05) is 12.1 Å². The summed E-state index contributed by atoms with van der Waals surface area (Å²) in [4.78, 5) is 20.8. The van der Waals surface area contributed by atoms with E-state index in [-0.39, 0.29) is 0 Å². The normalized spacial score (nSPS) is 9.79. The van der Waals surface area contributed by atoms with Gasteiger partial charge in [0.1, 0.15) is 0 Å². The van der Waals surface area contributed by atoms with Crippen LogP contribution in [0.4, 0.5) is 0 Å². The molecule has 4 heteroatoms. The molecule has 0 bridgehead atoms. The van der Waals surface area contributed by atoms with Crippen LogP contribution in [0.1, 0.15) is 15.9 Å². The first-order valence-corrected chi connectivity index (χ1v) is 4.39. The highest BCUT2D eigenvalue weighted by molar-refractivity contribution is 5.94. The first-order valence-electron chi connectivity index (χ1n) is 4.39. The smallest absolute Gasteiger partial charge is 0.316 e. The Morgan fingerprint density at radius 1 is 1.36 bits per heavy atom. The van der Waals surface area contributed by atoms with Crippen molar-refractivity contribution in [2.75, 3.05) is 13.6 Å². The van der Waals surface area contributed by atoms with Gasteiger partial charge in [0.2, 0.25) is 0 Å². The van der Waals surface area contributed by atoms with Crippen molar-refractivity contribution >= 4 is 5.91 Å². The van der Waals surface area contributed by atoms with E-state index in [0.717, 1.165) is 18.5 Å². The first kappa shape index (κ1) is 10.5. The van der Waals surface area contributed by atoms with Gasteiger partial charge in [0.05, 0.1) is 0 Å². The minimum atomic E-state index is -0.717. The van der Waals surface area contributed by atoms with E-state index < -0.39 is 5.91 Å². The molecule has 74 valence electrons. The number of likely N-dealkylation sites (N-methyl/N-ethyl adjacent to an activating group) is 1. The molecule has 1 rings (SSSR count). The number of nitroso groups, excluding NO2 is 1. The van der Waals surface area contributed by atoms with Crippen molar-refractivity contribution in [2.45, 2.75) is 6.42 Å². The predicted octanol–water partition coefficient (Wildman–Crippen LogP) is 1.36. The van der Waals surface area contributed by atoms with Crippen molar-refractivity contribution < 1.29 is 4.79 Å². The number of nitrogens with one attached hydrogen (secondary N) is 1. The van der Waals surface area contributed by atoms with Gasteiger partial charge < -0.3 is 5.32 Å². The van der Waals surface area contributed by atoms with E-state index >= 15 is 0 Å². The number of benzene rings is 1. The van der Waals surface area contributed by atoms with Crippen molar-refractivity contribution in [3.8, 4) is 0 Å². The lowest BCUT2D eigenvalue weighted by molar-refractivity contribution is 0.100. The molecule has 1 aromatic carbocycles. The Bertz CT molecular complexity index is 319. The molecule has 1 amide bonds. The fourth-order valence-corrected chi connectivity index (χ4v) is 1.14. The quantitative estimate of drug-likeness (QED) is 0.732. The maximum Gasteiger partial charge on any atom is 0.316 e. The molecule has 4 nitrogen and oxygen atoms in total. The number of hydrogen-bond donors (Lipinski definition) is 1. The molecule has 14 heavy (non-hydrogen) atoms. The lowest BCUT2D eigenvalue weighted by Gasteiger charge is -2.00. The van der Waals surface area contributed by atoms with E-state index in [1.807, 2.05) is 19.2 Å². The summed E-state index contributed by atoms with van der Waals surface area (Å²) in [6, 6.07) is 6.90. The molecule has 1 N–H and O–H groups in total. The first-order chi connectivity index (χ1) is 6.77. The van der Waals surface area contributed by atoms with Gasteiger partial charge in [-0.3, -0.25) is 4.79 Å². The zero-order valence-electron chi connectivity index (χ0n) is 7.99. The molecular weight excluding hydrogens is 180 g/mol. The summed E-state index contributed by atoms with van der Waals surface area (Å²) < 4.78 is 0. The van der Waals surface area contributed by atoms with Crippen LogP contribution in [0.2, 0.25) is 0 Å². The third-order valence-corrected chi connectivity index (χ3v) is 1.95. The SMILES string of the molecule is CNCCc1ccc(C(=O)N=O)cc1. The number of rotatable bonds is 4. The minimum Gasteiger partial charge on any atom is -0.319 e. The zero-order valence-corrected chi connectivity index (χ0v) is 7.99. The number of carbonyl (C=O) groups excluding carboxylic acids is 1. The fraction of sp³-hybridized carbons (Fsp3) is 0.300. The Morgan fingerprint density at radius 2 is 2.00 bits per heavy atom. The zero-order chi connectivity index (χ0) is 10.4. The molecule has 0 unspecified atom stereocenters. The summed E-state index contributed by atoms with van der Waals surface area (Å²) in [5, 5.41) is 5.38. The summed E-state index contributed by atoms with van der Waals surface area (Å²) in [6.07, 6.45) is 0.902. The number of nitrogens with zero attached hydrogens (tertiary/aromatic N) is 1. The van der Waals surface area contributed by atoms with Crippen LogP contribution in [0.3, 0.4) is 0 Å². The summed E-state index contributed by atoms with van der Waals surface area (Å²) in [5.41, 5.74) is 1.47. The van der Waals surface area contributed by atoms with Crippen molar-refractivity contribution in [2.24, 2.45) is 5.18 Å². The van der Waals surface area contributed by atoms with Crippen LogP contribution in [0, 0.1) is 4.91 Å². The monoisotopic (exact) mass is 192 g/mol. The largest absolute Gasteiger partial charge is 0.319 e. The standard InChI is InChI=1S/C10H12N2O2/c1-11-7-6-8-2-4-9(5-3-8)10(13)12-14/h2-5,11H,6-7H2,1H3. The second-order valence-electron chi connectivity index (χ2n) is 2.95. The van der Waals surface area contributed by atoms with E-state index in [0.29, 0.717) is 5.56 Å². The molecule has 0 aliphatic heterocycles. The Labute approximate surface area is 82.3 Å². The number of amides is 1. The second kappa shape index (κ2) is 5.24. The van der Waals surface area contributed by atoms with Gasteiger partial charge in [-0.25, -0.2) is 0 Å². The van der Waals surface area contributed by atoms with Crippen LogP contribution in [-0.2, 0) is 6.42 Å². The molecule has 0 saturated carbocycles. The summed E-state index contributed by atoms with van der Waals surface area (Å²) in [7, 11) is 1.88. The fourth-order valence-electron chi connectivity index (χ4n) is 1.14. The van der Waals surface area contributed by atoms with Crippen LogP contribution in [0.5, 0.6) is 0 Å². The van der Waals surface area contributed by atoms with Crippen LogP contribution in [0.25, 0.3) is 0 Å². The summed E-state index contributed by atoms with van der Waals surface area (Å²) in [5.74, 6) is -0.717. The molecule has 0 radical (unpaired) electrons. The molecule has 0 heterocycles. The summed E-state index contributed by atoms with van der Waals surface area (Å²) >= 11 is 0. The molecule has 1 aromatic rings. The van der Waals surface area contributed by atoms with E-state index in [9.17, 15) is 9.70 Å². The Kier molecular flexibility index (Phi) is 3.94. The van der Waals surface area contributed by atoms with Crippen molar-refractivity contribution in [1.29, 1.82) is 0 Å². The Balaban J connectivity index is 2.68. The van der Waals surface area contributed by atoms with Gasteiger partial charge in [0, 0.05) is 10.7 Å². The average Bonchev–Trinajstić information content (AvgIpc) is 2.26. The molecular formula is C10H12N2O2. The maximum atomic E-state index is 10.8. The van der Waals surface area contributed by atoms with Gasteiger partial charge in [-0.15, -0.1) is 4.91 Å². The van der Waals surface area contributed by atoms with E-state index in [1.54, 1.807) is 12.1 Å². The number of hydrogen-bond acceptors (Lipinski definition) is 3. The van der Waals surface area contributed by atoms with Crippen LogP contribution >= 0.6 is 0 Å². The van der Waals surface area contributed by atoms with E-state index in [2.05, 4.69) is 10.5 Å². The topological polar surface area (TPSA) is 58.5 Å². The highest BCUT2D eigenvalue weighted by Crippen LogP contribution is 2.05. The molecule has 0 aliphatic carbocycles. The van der Waals surface area contributed by atoms with Gasteiger partial charge in [0.15, 0.2) is 0 Å². The molecule has 0 spiro atoms. The molecule has 0 saturated heterocycles. The van der Waals surface area contributed by atoms with Crippen LogP contribution in [-0.4, -0.2) is 19.5 Å². The van der Waals surface area contributed by atoms with Crippen molar-refractivity contribution in [3.05, 3.63) is 40.3 Å². The van der Waals surface area contributed by atoms with Crippen molar-refractivity contribution in [1.82, 2.24) is 5.32 Å². The second-order valence-corrected chi connectivity index (χ2v) is 2.95. The minimum absolute atomic E-state index is 0.341. The van der Waals surface area contributed by atoms with E-state index in [4.69, 9.17) is 0 Å².